The van der Waals surface area contributed by atoms with Crippen LogP contribution in [0.1, 0.15) is 35.9 Å². The highest BCUT2D eigenvalue weighted by molar-refractivity contribution is 7.10. The minimum Gasteiger partial charge on any atom is -0.383 e. The van der Waals surface area contributed by atoms with Crippen LogP contribution in [0.5, 0.6) is 0 Å². The van der Waals surface area contributed by atoms with E-state index in [-0.39, 0.29) is 0 Å². The predicted molar refractivity (Wildman–Crippen MR) is 83.9 cm³/mol. The fourth-order valence-electron chi connectivity index (χ4n) is 3.09. The number of hydrogen-bond donors (Lipinski definition) is 2. The second kappa shape index (κ2) is 5.32. The van der Waals surface area contributed by atoms with Gasteiger partial charge in [0.1, 0.15) is 5.60 Å². The van der Waals surface area contributed by atoms with Crippen molar-refractivity contribution in [3.05, 3.63) is 57.8 Å². The van der Waals surface area contributed by atoms with Crippen molar-refractivity contribution in [1.82, 2.24) is 5.32 Å². The van der Waals surface area contributed by atoms with Crippen LogP contribution in [0.15, 0.2) is 41.8 Å². The lowest BCUT2D eigenvalue weighted by atomic mass is 10.00. The molecule has 0 bridgehead atoms. The average Bonchev–Trinajstić information content (AvgIpc) is 3.04. The number of rotatable bonds is 4. The van der Waals surface area contributed by atoms with Gasteiger partial charge in [-0.25, -0.2) is 0 Å². The molecule has 0 saturated carbocycles. The van der Waals surface area contributed by atoms with Gasteiger partial charge in [-0.15, -0.1) is 11.3 Å². The Morgan fingerprint density at radius 1 is 1.30 bits per heavy atom. The number of nitrogens with one attached hydrogen (secondary N) is 1. The quantitative estimate of drug-likeness (QED) is 0.902. The molecule has 3 rings (SSSR count). The molecule has 3 unspecified atom stereocenters. The fraction of sp³-hybridized carbons (Fsp3) is 0.412. The molecule has 1 aliphatic rings. The molecule has 2 N–H and O–H groups in total. The molecule has 2 aromatic rings. The highest BCUT2D eigenvalue weighted by Crippen LogP contribution is 2.36. The number of benzene rings is 1. The van der Waals surface area contributed by atoms with Gasteiger partial charge < -0.3 is 10.4 Å². The molecule has 3 heteroatoms. The van der Waals surface area contributed by atoms with E-state index in [1.807, 2.05) is 24.4 Å². The first-order valence-electron chi connectivity index (χ1n) is 7.15. The molecule has 1 aromatic heterocycles. The molecular formula is C17H21NOS. The third kappa shape index (κ3) is 2.53. The van der Waals surface area contributed by atoms with Crippen molar-refractivity contribution in [1.29, 1.82) is 0 Å². The smallest absolute Gasteiger partial charge is 0.108 e. The maximum Gasteiger partial charge on any atom is 0.108 e. The van der Waals surface area contributed by atoms with Gasteiger partial charge >= 0.3 is 0 Å². The van der Waals surface area contributed by atoms with Crippen LogP contribution in [0, 0.1) is 5.92 Å². The Morgan fingerprint density at radius 3 is 2.85 bits per heavy atom. The van der Waals surface area contributed by atoms with Crippen LogP contribution in [0.3, 0.4) is 0 Å². The summed E-state index contributed by atoms with van der Waals surface area (Å²) in [7, 11) is 0. The second-order valence-corrected chi connectivity index (χ2v) is 6.94. The number of thiophene rings is 1. The minimum absolute atomic E-state index is 0.345. The van der Waals surface area contributed by atoms with E-state index >= 15 is 0 Å². The van der Waals surface area contributed by atoms with E-state index in [1.54, 1.807) is 11.3 Å². The zero-order valence-corrected chi connectivity index (χ0v) is 12.8. The van der Waals surface area contributed by atoms with E-state index in [4.69, 9.17) is 0 Å². The molecule has 106 valence electrons. The maximum atomic E-state index is 10.6. The van der Waals surface area contributed by atoms with E-state index in [9.17, 15) is 5.11 Å². The molecule has 3 atom stereocenters. The average molecular weight is 287 g/mol. The topological polar surface area (TPSA) is 32.3 Å². The highest BCUT2D eigenvalue weighted by Gasteiger charge is 2.31. The lowest BCUT2D eigenvalue weighted by Crippen LogP contribution is -2.37. The van der Waals surface area contributed by atoms with E-state index in [0.717, 1.165) is 11.3 Å². The lowest BCUT2D eigenvalue weighted by molar-refractivity contribution is 0.0558. The predicted octanol–water partition coefficient (Wildman–Crippen LogP) is 3.48. The van der Waals surface area contributed by atoms with Crippen molar-refractivity contribution < 1.29 is 5.11 Å². The number of fused-ring (bicyclic) bond motifs is 1. The van der Waals surface area contributed by atoms with E-state index < -0.39 is 5.60 Å². The summed E-state index contributed by atoms with van der Waals surface area (Å²) in [5, 5.41) is 16.2. The third-order valence-electron chi connectivity index (χ3n) is 4.22. The van der Waals surface area contributed by atoms with Crippen molar-refractivity contribution in [2.24, 2.45) is 5.92 Å². The van der Waals surface area contributed by atoms with E-state index in [2.05, 4.69) is 36.5 Å². The Hall–Kier alpha value is -1.16. The summed E-state index contributed by atoms with van der Waals surface area (Å²) in [6.07, 6.45) is 1.12. The van der Waals surface area contributed by atoms with Gasteiger partial charge in [0.15, 0.2) is 0 Å². The summed E-state index contributed by atoms with van der Waals surface area (Å²) in [4.78, 5) is 1.02. The van der Waals surface area contributed by atoms with Crippen LogP contribution in [0.25, 0.3) is 0 Å². The summed E-state index contributed by atoms with van der Waals surface area (Å²) in [5.74, 6) is 0.575. The molecule has 0 saturated heterocycles. The van der Waals surface area contributed by atoms with Gasteiger partial charge in [0.25, 0.3) is 0 Å². The van der Waals surface area contributed by atoms with Gasteiger partial charge in [0.2, 0.25) is 0 Å². The Kier molecular flexibility index (Phi) is 3.67. The second-order valence-electron chi connectivity index (χ2n) is 5.99. The molecule has 1 aromatic carbocycles. The summed E-state index contributed by atoms with van der Waals surface area (Å²) in [5.41, 5.74) is 2.03. The Bertz CT molecular complexity index is 576. The molecule has 1 heterocycles. The van der Waals surface area contributed by atoms with Crippen LogP contribution in [0.2, 0.25) is 0 Å². The maximum absolute atomic E-state index is 10.6. The molecule has 2 nitrogen and oxygen atoms in total. The lowest BCUT2D eigenvalue weighted by Gasteiger charge is -2.27. The molecule has 0 aliphatic heterocycles. The van der Waals surface area contributed by atoms with Crippen molar-refractivity contribution in [2.45, 2.75) is 31.9 Å². The van der Waals surface area contributed by atoms with Gasteiger partial charge in [-0.3, -0.25) is 0 Å². The van der Waals surface area contributed by atoms with Crippen LogP contribution in [0.4, 0.5) is 0 Å². The largest absolute Gasteiger partial charge is 0.383 e. The van der Waals surface area contributed by atoms with Crippen molar-refractivity contribution >= 4 is 11.3 Å². The van der Waals surface area contributed by atoms with Crippen molar-refractivity contribution in [2.75, 3.05) is 6.54 Å². The normalized spacial score (nSPS) is 24.4. The highest BCUT2D eigenvalue weighted by atomic mass is 32.1. The first kappa shape index (κ1) is 13.8. The minimum atomic E-state index is -0.800. The van der Waals surface area contributed by atoms with Crippen LogP contribution >= 0.6 is 11.3 Å². The van der Waals surface area contributed by atoms with Crippen molar-refractivity contribution in [3.63, 3.8) is 0 Å². The molecule has 1 aliphatic carbocycles. The molecule has 20 heavy (non-hydrogen) atoms. The van der Waals surface area contributed by atoms with Crippen LogP contribution < -0.4 is 5.32 Å². The zero-order chi connectivity index (χ0) is 14.2. The van der Waals surface area contributed by atoms with Crippen molar-refractivity contribution in [3.8, 4) is 0 Å². The van der Waals surface area contributed by atoms with Gasteiger partial charge in [-0.2, -0.15) is 0 Å². The summed E-state index contributed by atoms with van der Waals surface area (Å²) >= 11 is 1.61. The molecule has 0 amide bonds. The summed E-state index contributed by atoms with van der Waals surface area (Å²) < 4.78 is 0. The number of hydrogen-bond acceptors (Lipinski definition) is 3. The summed E-state index contributed by atoms with van der Waals surface area (Å²) in [6, 6.07) is 13.0. The molecule has 0 radical (unpaired) electrons. The monoisotopic (exact) mass is 287 g/mol. The summed E-state index contributed by atoms with van der Waals surface area (Å²) in [6.45, 7) is 4.74. The Balaban J connectivity index is 1.73. The third-order valence-corrected chi connectivity index (χ3v) is 5.34. The fourth-order valence-corrected chi connectivity index (χ4v) is 3.87. The Labute approximate surface area is 124 Å². The zero-order valence-electron chi connectivity index (χ0n) is 12.0. The van der Waals surface area contributed by atoms with E-state index in [1.165, 1.54) is 11.1 Å². The van der Waals surface area contributed by atoms with Gasteiger partial charge in [0.05, 0.1) is 0 Å². The molecule has 0 spiro atoms. The van der Waals surface area contributed by atoms with Crippen LogP contribution in [-0.2, 0) is 12.0 Å². The standard InChI is InChI=1S/C17H21NOS/c1-12-10-13-6-3-4-7-14(13)16(12)18-11-17(2,19)15-8-5-9-20-15/h3-9,12,16,18-19H,10-11H2,1-2H3. The Morgan fingerprint density at radius 2 is 2.10 bits per heavy atom. The van der Waals surface area contributed by atoms with E-state index in [0.29, 0.717) is 18.5 Å². The molecule has 0 fully saturated rings. The molecular weight excluding hydrogens is 266 g/mol. The first-order valence-corrected chi connectivity index (χ1v) is 8.03. The van der Waals surface area contributed by atoms with Gasteiger partial charge in [-0.1, -0.05) is 37.3 Å². The number of aliphatic hydroxyl groups is 1. The van der Waals surface area contributed by atoms with Gasteiger partial charge in [-0.05, 0) is 41.8 Å². The van der Waals surface area contributed by atoms with Crippen LogP contribution in [-0.4, -0.2) is 11.7 Å². The SMILES string of the molecule is CC1Cc2ccccc2C1NCC(C)(O)c1cccs1. The first-order chi connectivity index (χ1) is 9.58. The van der Waals surface area contributed by atoms with Gasteiger partial charge in [0, 0.05) is 17.5 Å².